The minimum atomic E-state index is -2.97. The monoisotopic (exact) mass is 271 g/mol. The number of aromatic nitrogens is 2. The van der Waals surface area contributed by atoms with Gasteiger partial charge in [-0.25, -0.2) is 13.4 Å². The fourth-order valence-corrected chi connectivity index (χ4v) is 3.07. The number of pyridine rings is 1. The second kappa shape index (κ2) is 4.67. The van der Waals surface area contributed by atoms with E-state index in [-0.39, 0.29) is 11.8 Å². The van der Waals surface area contributed by atoms with Crippen molar-refractivity contribution in [2.75, 3.05) is 12.0 Å². The maximum absolute atomic E-state index is 11.1. The van der Waals surface area contributed by atoms with E-state index in [2.05, 4.69) is 9.97 Å². The summed E-state index contributed by atoms with van der Waals surface area (Å²) in [6.07, 6.45) is 4.99. The van der Waals surface area contributed by atoms with Crippen LogP contribution in [0.1, 0.15) is 17.5 Å². The smallest absolute Gasteiger partial charge is 0.147 e. The van der Waals surface area contributed by atoms with Gasteiger partial charge in [0, 0.05) is 12.5 Å². The molecule has 1 atom stereocenters. The fourth-order valence-electron chi connectivity index (χ4n) is 1.42. The Bertz CT molecular complexity index is 588. The number of sulfone groups is 1. The van der Waals surface area contributed by atoms with Crippen molar-refractivity contribution in [3.05, 3.63) is 23.5 Å². The zero-order valence-electron chi connectivity index (χ0n) is 9.33. The van der Waals surface area contributed by atoms with Gasteiger partial charge in [-0.2, -0.15) is 0 Å². The first kappa shape index (κ1) is 12.4. The number of fused-ring (bicyclic) bond motifs is 1. The maximum Gasteiger partial charge on any atom is 0.147 e. The largest absolute Gasteiger partial charge is 0.322 e. The normalized spacial score (nSPS) is 14.0. The van der Waals surface area contributed by atoms with Crippen molar-refractivity contribution in [3.63, 3.8) is 0 Å². The Labute approximate surface area is 104 Å². The molecule has 0 saturated carbocycles. The van der Waals surface area contributed by atoms with Gasteiger partial charge < -0.3 is 5.73 Å². The average molecular weight is 271 g/mol. The second-order valence-corrected chi connectivity index (χ2v) is 7.24. The van der Waals surface area contributed by atoms with Crippen molar-refractivity contribution in [1.82, 2.24) is 9.97 Å². The fraction of sp³-hybridized carbons (Fsp3) is 0.400. The first-order chi connectivity index (χ1) is 7.96. The van der Waals surface area contributed by atoms with Gasteiger partial charge in [-0.1, -0.05) is 0 Å². The molecule has 5 nitrogen and oxygen atoms in total. The number of hydrogen-bond acceptors (Lipinski definition) is 6. The molecular formula is C10H13N3O2S2. The van der Waals surface area contributed by atoms with Crippen LogP contribution in [-0.4, -0.2) is 30.4 Å². The molecule has 0 fully saturated rings. The average Bonchev–Trinajstić information content (AvgIpc) is 2.68. The van der Waals surface area contributed by atoms with E-state index in [4.69, 9.17) is 5.73 Å². The molecule has 92 valence electrons. The summed E-state index contributed by atoms with van der Waals surface area (Å²) in [6, 6.07) is 1.54. The zero-order chi connectivity index (χ0) is 12.5. The van der Waals surface area contributed by atoms with Crippen LogP contribution in [0.3, 0.4) is 0 Å². The summed E-state index contributed by atoms with van der Waals surface area (Å²) >= 11 is 1.49. The van der Waals surface area contributed by atoms with Crippen molar-refractivity contribution in [1.29, 1.82) is 0 Å². The minimum Gasteiger partial charge on any atom is -0.322 e. The van der Waals surface area contributed by atoms with Crippen LogP contribution in [0, 0.1) is 0 Å². The molecule has 2 aromatic rings. The first-order valence-corrected chi connectivity index (χ1v) is 7.97. The molecule has 0 radical (unpaired) electrons. The molecule has 2 rings (SSSR count). The van der Waals surface area contributed by atoms with Crippen LogP contribution < -0.4 is 5.73 Å². The summed E-state index contributed by atoms with van der Waals surface area (Å²) in [4.78, 5) is 8.33. The molecule has 0 aliphatic heterocycles. The highest BCUT2D eigenvalue weighted by Gasteiger charge is 2.14. The van der Waals surface area contributed by atoms with E-state index in [1.807, 2.05) is 6.07 Å². The van der Waals surface area contributed by atoms with Gasteiger partial charge in [0.15, 0.2) is 0 Å². The van der Waals surface area contributed by atoms with Crippen LogP contribution in [0.25, 0.3) is 10.2 Å². The lowest BCUT2D eigenvalue weighted by atomic mass is 10.2. The summed E-state index contributed by atoms with van der Waals surface area (Å²) < 4.78 is 23.1. The van der Waals surface area contributed by atoms with Gasteiger partial charge in [0.25, 0.3) is 0 Å². The molecule has 0 aliphatic carbocycles. The molecule has 7 heteroatoms. The number of nitrogens with two attached hydrogens (primary N) is 1. The van der Waals surface area contributed by atoms with E-state index < -0.39 is 9.84 Å². The van der Waals surface area contributed by atoms with Crippen LogP contribution in [0.4, 0.5) is 0 Å². The predicted molar refractivity (Wildman–Crippen MR) is 68.7 cm³/mol. The van der Waals surface area contributed by atoms with E-state index >= 15 is 0 Å². The molecule has 2 heterocycles. The number of nitrogens with zero attached hydrogens (tertiary/aromatic N) is 2. The number of rotatable bonds is 4. The van der Waals surface area contributed by atoms with E-state index in [1.165, 1.54) is 17.6 Å². The maximum atomic E-state index is 11.1. The van der Waals surface area contributed by atoms with Crippen molar-refractivity contribution in [2.24, 2.45) is 5.73 Å². The molecule has 0 saturated heterocycles. The highest BCUT2D eigenvalue weighted by molar-refractivity contribution is 7.90. The molecule has 2 aromatic heterocycles. The molecule has 0 spiro atoms. The standard InChI is InChI=1S/C10H13N3O2S2/c1-17(14,15)5-3-7(11)10-13-8-6-12-4-2-9(8)16-10/h2,4,6-7H,3,5,11H2,1H3. The molecule has 1 unspecified atom stereocenters. The third-order valence-corrected chi connectivity index (χ3v) is 4.47. The third kappa shape index (κ3) is 3.21. The SMILES string of the molecule is CS(=O)(=O)CCC(N)c1nc2cnccc2s1. The third-order valence-electron chi connectivity index (χ3n) is 2.32. The Kier molecular flexibility index (Phi) is 3.41. The lowest BCUT2D eigenvalue weighted by Crippen LogP contribution is -2.15. The Morgan fingerprint density at radius 1 is 1.53 bits per heavy atom. The zero-order valence-corrected chi connectivity index (χ0v) is 11.0. The van der Waals surface area contributed by atoms with Gasteiger partial charge in [-0.15, -0.1) is 11.3 Å². The summed E-state index contributed by atoms with van der Waals surface area (Å²) in [7, 11) is -2.97. The van der Waals surface area contributed by atoms with Crippen LogP contribution >= 0.6 is 11.3 Å². The topological polar surface area (TPSA) is 85.9 Å². The van der Waals surface area contributed by atoms with E-state index in [1.54, 1.807) is 12.4 Å². The van der Waals surface area contributed by atoms with Crippen molar-refractivity contribution < 1.29 is 8.42 Å². The van der Waals surface area contributed by atoms with E-state index in [0.717, 1.165) is 15.2 Å². The van der Waals surface area contributed by atoms with Gasteiger partial charge in [-0.3, -0.25) is 4.98 Å². The van der Waals surface area contributed by atoms with Gasteiger partial charge in [-0.05, 0) is 12.5 Å². The lowest BCUT2D eigenvalue weighted by Gasteiger charge is -2.06. The number of hydrogen-bond donors (Lipinski definition) is 1. The van der Waals surface area contributed by atoms with Crippen LogP contribution in [0.5, 0.6) is 0 Å². The second-order valence-electron chi connectivity index (χ2n) is 3.92. The predicted octanol–water partition coefficient (Wildman–Crippen LogP) is 1.13. The summed E-state index contributed by atoms with van der Waals surface area (Å²) in [5.41, 5.74) is 6.74. The van der Waals surface area contributed by atoms with Crippen LogP contribution in [-0.2, 0) is 9.84 Å². The minimum absolute atomic E-state index is 0.0857. The van der Waals surface area contributed by atoms with Crippen molar-refractivity contribution >= 4 is 31.4 Å². The molecule has 17 heavy (non-hydrogen) atoms. The van der Waals surface area contributed by atoms with Gasteiger partial charge in [0.1, 0.15) is 14.8 Å². The molecular weight excluding hydrogens is 258 g/mol. The van der Waals surface area contributed by atoms with Crippen molar-refractivity contribution in [3.8, 4) is 0 Å². The van der Waals surface area contributed by atoms with Crippen LogP contribution in [0.15, 0.2) is 18.5 Å². The first-order valence-electron chi connectivity index (χ1n) is 5.09. The molecule has 0 aromatic carbocycles. The molecule has 0 amide bonds. The molecule has 2 N–H and O–H groups in total. The van der Waals surface area contributed by atoms with E-state index in [0.29, 0.717) is 6.42 Å². The summed E-state index contributed by atoms with van der Waals surface area (Å²) in [5.74, 6) is 0.0857. The quantitative estimate of drug-likeness (QED) is 0.900. The Balaban J connectivity index is 2.16. The highest BCUT2D eigenvalue weighted by atomic mass is 32.2. The van der Waals surface area contributed by atoms with Crippen molar-refractivity contribution in [2.45, 2.75) is 12.5 Å². The Morgan fingerprint density at radius 3 is 2.94 bits per heavy atom. The molecule has 0 bridgehead atoms. The summed E-state index contributed by atoms with van der Waals surface area (Å²) in [6.45, 7) is 0. The molecule has 0 aliphatic rings. The van der Waals surface area contributed by atoms with Gasteiger partial charge in [0.05, 0.1) is 28.2 Å². The Hall–Kier alpha value is -1.05. The lowest BCUT2D eigenvalue weighted by molar-refractivity contribution is 0.591. The van der Waals surface area contributed by atoms with E-state index in [9.17, 15) is 8.42 Å². The number of thiazole rings is 1. The van der Waals surface area contributed by atoms with Gasteiger partial charge >= 0.3 is 0 Å². The van der Waals surface area contributed by atoms with Gasteiger partial charge in [0.2, 0.25) is 0 Å². The summed E-state index contributed by atoms with van der Waals surface area (Å²) in [5, 5.41) is 0.761. The Morgan fingerprint density at radius 2 is 2.29 bits per heavy atom. The van der Waals surface area contributed by atoms with Crippen LogP contribution in [0.2, 0.25) is 0 Å². The highest BCUT2D eigenvalue weighted by Crippen LogP contribution is 2.26.